The van der Waals surface area contributed by atoms with Crippen LogP contribution in [0.25, 0.3) is 11.4 Å². The van der Waals surface area contributed by atoms with Gasteiger partial charge in [0.25, 0.3) is 5.56 Å². The maximum Gasteiger partial charge on any atom is 0.272 e. The van der Waals surface area contributed by atoms with Gasteiger partial charge in [0.05, 0.1) is 16.9 Å². The molecule has 2 heterocycles. The Morgan fingerprint density at radius 2 is 2.05 bits per heavy atom. The summed E-state index contributed by atoms with van der Waals surface area (Å²) in [6.07, 6.45) is 3.52. The van der Waals surface area contributed by atoms with E-state index in [1.54, 1.807) is 26.1 Å². The fraction of sp³-hybridized carbons (Fsp3) is 0.438. The molecule has 2 aromatic heterocycles. The molecule has 0 saturated heterocycles. The van der Waals surface area contributed by atoms with E-state index in [0.29, 0.717) is 23.5 Å². The van der Waals surface area contributed by atoms with Crippen molar-refractivity contribution in [3.8, 4) is 11.4 Å². The number of aryl methyl sites for hydroxylation is 1. The minimum absolute atomic E-state index is 0.240. The quantitative estimate of drug-likeness (QED) is 0.916. The second-order valence-corrected chi connectivity index (χ2v) is 5.60. The summed E-state index contributed by atoms with van der Waals surface area (Å²) in [5.41, 5.74) is 0.180. The fourth-order valence-electron chi connectivity index (χ4n) is 2.08. The first-order valence-electron chi connectivity index (χ1n) is 7.20. The lowest BCUT2D eigenvalue weighted by Crippen LogP contribution is -2.33. The van der Waals surface area contributed by atoms with E-state index in [-0.39, 0.29) is 5.56 Å². The maximum atomic E-state index is 12.4. The molecule has 0 aliphatic carbocycles. The Hall–Kier alpha value is -2.01. The molecule has 112 valence electrons. The Morgan fingerprint density at radius 1 is 1.29 bits per heavy atom. The van der Waals surface area contributed by atoms with Crippen LogP contribution in [0.15, 0.2) is 35.3 Å². The SMILES string of the molecule is CCCCn1nc(-c2ccccn2)cc(C(C)(C)O)c1=O. The van der Waals surface area contributed by atoms with Crippen LogP contribution in [0.4, 0.5) is 0 Å². The van der Waals surface area contributed by atoms with Gasteiger partial charge in [0.15, 0.2) is 0 Å². The van der Waals surface area contributed by atoms with Crippen LogP contribution in [-0.4, -0.2) is 19.9 Å². The molecule has 0 aliphatic heterocycles. The molecule has 0 aliphatic rings. The molecule has 1 N–H and O–H groups in total. The molecule has 5 nitrogen and oxygen atoms in total. The number of unbranched alkanes of at least 4 members (excludes halogenated alkanes) is 1. The topological polar surface area (TPSA) is 68.0 Å². The number of hydrogen-bond acceptors (Lipinski definition) is 4. The van der Waals surface area contributed by atoms with E-state index in [1.165, 1.54) is 4.68 Å². The first-order chi connectivity index (χ1) is 9.93. The average Bonchev–Trinajstić information content (AvgIpc) is 2.46. The van der Waals surface area contributed by atoms with Crippen molar-refractivity contribution in [1.29, 1.82) is 0 Å². The fourth-order valence-corrected chi connectivity index (χ4v) is 2.08. The second-order valence-electron chi connectivity index (χ2n) is 5.60. The summed E-state index contributed by atoms with van der Waals surface area (Å²) in [6, 6.07) is 7.17. The zero-order valence-corrected chi connectivity index (χ0v) is 12.7. The van der Waals surface area contributed by atoms with E-state index in [2.05, 4.69) is 17.0 Å². The van der Waals surface area contributed by atoms with Gasteiger partial charge in [-0.15, -0.1) is 0 Å². The molecule has 5 heteroatoms. The normalized spacial score (nSPS) is 11.6. The van der Waals surface area contributed by atoms with Crippen LogP contribution >= 0.6 is 0 Å². The molecular formula is C16H21N3O2. The summed E-state index contributed by atoms with van der Waals surface area (Å²) in [7, 11) is 0. The average molecular weight is 287 g/mol. The molecule has 0 bridgehead atoms. The summed E-state index contributed by atoms with van der Waals surface area (Å²) in [6.45, 7) is 5.82. The Balaban J connectivity index is 2.59. The van der Waals surface area contributed by atoms with Crippen molar-refractivity contribution in [3.05, 3.63) is 46.4 Å². The predicted molar refractivity (Wildman–Crippen MR) is 81.9 cm³/mol. The van der Waals surface area contributed by atoms with Crippen molar-refractivity contribution in [1.82, 2.24) is 14.8 Å². The van der Waals surface area contributed by atoms with E-state index in [1.807, 2.05) is 18.2 Å². The van der Waals surface area contributed by atoms with Crippen LogP contribution in [0.3, 0.4) is 0 Å². The summed E-state index contributed by atoms with van der Waals surface area (Å²) in [5, 5.41) is 14.6. The zero-order chi connectivity index (χ0) is 15.5. The number of pyridine rings is 1. The van der Waals surface area contributed by atoms with Gasteiger partial charge in [0.1, 0.15) is 5.69 Å². The van der Waals surface area contributed by atoms with E-state index >= 15 is 0 Å². The Morgan fingerprint density at radius 3 is 2.62 bits per heavy atom. The highest BCUT2D eigenvalue weighted by Crippen LogP contribution is 2.20. The van der Waals surface area contributed by atoms with Crippen LogP contribution in [0.2, 0.25) is 0 Å². The molecule has 0 amide bonds. The van der Waals surface area contributed by atoms with Crippen LogP contribution in [-0.2, 0) is 12.1 Å². The van der Waals surface area contributed by atoms with Gasteiger partial charge >= 0.3 is 0 Å². The predicted octanol–water partition coefficient (Wildman–Crippen LogP) is 2.33. The van der Waals surface area contributed by atoms with Crippen LogP contribution in [0, 0.1) is 0 Å². The van der Waals surface area contributed by atoms with Crippen molar-refractivity contribution >= 4 is 0 Å². The van der Waals surface area contributed by atoms with Gasteiger partial charge in [-0.3, -0.25) is 9.78 Å². The minimum Gasteiger partial charge on any atom is -0.386 e. The van der Waals surface area contributed by atoms with Crippen molar-refractivity contribution < 1.29 is 5.11 Å². The molecular weight excluding hydrogens is 266 g/mol. The highest BCUT2D eigenvalue weighted by atomic mass is 16.3. The molecule has 0 aromatic carbocycles. The highest BCUT2D eigenvalue weighted by molar-refractivity contribution is 5.54. The summed E-state index contributed by atoms with van der Waals surface area (Å²) < 4.78 is 1.43. The first kappa shape index (κ1) is 15.4. The maximum absolute atomic E-state index is 12.4. The molecule has 2 aromatic rings. The van der Waals surface area contributed by atoms with Crippen molar-refractivity contribution in [2.45, 2.75) is 45.8 Å². The number of rotatable bonds is 5. The lowest BCUT2D eigenvalue weighted by molar-refractivity contribution is 0.0761. The van der Waals surface area contributed by atoms with Gasteiger partial charge in [0, 0.05) is 12.7 Å². The third-order valence-corrected chi connectivity index (χ3v) is 3.28. The first-order valence-corrected chi connectivity index (χ1v) is 7.20. The third kappa shape index (κ3) is 3.55. The zero-order valence-electron chi connectivity index (χ0n) is 12.7. The van der Waals surface area contributed by atoms with Gasteiger partial charge in [-0.2, -0.15) is 5.10 Å². The van der Waals surface area contributed by atoms with E-state index in [9.17, 15) is 9.90 Å². The molecule has 0 spiro atoms. The molecule has 0 saturated carbocycles. The molecule has 0 fully saturated rings. The lowest BCUT2D eigenvalue weighted by atomic mass is 9.99. The van der Waals surface area contributed by atoms with Gasteiger partial charge in [-0.1, -0.05) is 19.4 Å². The van der Waals surface area contributed by atoms with E-state index in [4.69, 9.17) is 0 Å². The Bertz CT molecular complexity index is 657. The van der Waals surface area contributed by atoms with Crippen molar-refractivity contribution in [2.75, 3.05) is 0 Å². The largest absolute Gasteiger partial charge is 0.386 e. The number of hydrogen-bond donors (Lipinski definition) is 1. The highest BCUT2D eigenvalue weighted by Gasteiger charge is 2.23. The summed E-state index contributed by atoms with van der Waals surface area (Å²) in [4.78, 5) is 16.7. The van der Waals surface area contributed by atoms with Gasteiger partial charge in [0.2, 0.25) is 0 Å². The standard InChI is InChI=1S/C16H21N3O2/c1-4-5-10-19-15(20)12(16(2,3)21)11-14(18-19)13-8-6-7-9-17-13/h6-9,11,21H,4-5,10H2,1-3H3. The van der Waals surface area contributed by atoms with Crippen molar-refractivity contribution in [2.24, 2.45) is 0 Å². The van der Waals surface area contributed by atoms with Crippen LogP contribution < -0.4 is 5.56 Å². The number of aromatic nitrogens is 3. The molecule has 0 unspecified atom stereocenters. The Labute approximate surface area is 124 Å². The van der Waals surface area contributed by atoms with Gasteiger partial charge in [-0.05, 0) is 38.5 Å². The molecule has 0 radical (unpaired) electrons. The summed E-state index contributed by atoms with van der Waals surface area (Å²) in [5.74, 6) is 0. The summed E-state index contributed by atoms with van der Waals surface area (Å²) >= 11 is 0. The third-order valence-electron chi connectivity index (χ3n) is 3.28. The number of aliphatic hydroxyl groups is 1. The van der Waals surface area contributed by atoms with Gasteiger partial charge < -0.3 is 5.11 Å². The second kappa shape index (κ2) is 6.18. The van der Waals surface area contributed by atoms with E-state index < -0.39 is 5.60 Å². The van der Waals surface area contributed by atoms with Gasteiger partial charge in [-0.25, -0.2) is 4.68 Å². The smallest absolute Gasteiger partial charge is 0.272 e. The molecule has 0 atom stereocenters. The lowest BCUT2D eigenvalue weighted by Gasteiger charge is -2.19. The number of nitrogens with zero attached hydrogens (tertiary/aromatic N) is 3. The Kier molecular flexibility index (Phi) is 4.53. The minimum atomic E-state index is -1.21. The monoisotopic (exact) mass is 287 g/mol. The molecule has 2 rings (SSSR count). The van der Waals surface area contributed by atoms with Crippen molar-refractivity contribution in [3.63, 3.8) is 0 Å². The van der Waals surface area contributed by atoms with Crippen LogP contribution in [0.5, 0.6) is 0 Å². The van der Waals surface area contributed by atoms with Crippen LogP contribution in [0.1, 0.15) is 39.2 Å². The molecule has 21 heavy (non-hydrogen) atoms. The van der Waals surface area contributed by atoms with E-state index in [0.717, 1.165) is 12.8 Å².